The quantitative estimate of drug-likeness (QED) is 0.0111. The third-order valence-electron chi connectivity index (χ3n) is 15.8. The Morgan fingerprint density at radius 3 is 1.38 bits per heavy atom. The summed E-state index contributed by atoms with van der Waals surface area (Å²) in [7, 11) is 0. The van der Waals surface area contributed by atoms with Gasteiger partial charge < -0.3 is 127 Å². The van der Waals surface area contributed by atoms with Crippen LogP contribution in [0.4, 0.5) is 0 Å². The fourth-order valence-electron chi connectivity index (χ4n) is 10.1. The maximum Gasteiger partial charge on any atom is 0.326 e. The molecule has 0 spiro atoms. The minimum absolute atomic E-state index is 0.0375. The Kier molecular flexibility index (Phi) is 36.1. The molecule has 0 saturated carbocycles. The Hall–Kier alpha value is -12.2. The summed E-state index contributed by atoms with van der Waals surface area (Å²) < 4.78 is 0. The molecule has 0 fully saturated rings. The standard InChI is InChI=1S/C63H93N23O20/c1-31(2)51(61(104)84-44(21-35-25-71-30-76-35)59(102)82-43(20-34-24-70-29-75-34)57(100)78-38(12-14-47(66)89)54(97)80-40(62(105)106)7-3-4-16-64)86-55(98)39(13-15-49(91)92)79-56(99)41(18-32-8-10-36(88)11-9-32)77-48(90)26-73-53(96)46(27-87)85-60(103)45(22-50(93)94)83-58(101)42(19-33-23-69-28-74-33)81-52(95)37(65)6-5-17-72-63(67)68/h8-11,23-25,28-31,37-46,51,87-88H,3-7,12-22,26-27,64-65H2,1-2H3,(H2,66,89)(H,69,74)(H,70,75)(H,71,76)(H,73,96)(H,77,90)(H,78,100)(H,79,99)(H,80,97)(H,81,95)(H,82,102)(H,83,101)(H,84,104)(H,85,103)(H,86,98)(H,91,92)(H,93,94)(H,105,106)(H4,67,68,72)/t37-,38-,39-,40-,41-,42-,43-,44-,45-,46-,51-/m0/s1. The van der Waals surface area contributed by atoms with Gasteiger partial charge in [0.25, 0.3) is 0 Å². The third kappa shape index (κ3) is 31.2. The Morgan fingerprint density at radius 1 is 0.481 bits per heavy atom. The van der Waals surface area contributed by atoms with E-state index >= 15 is 0 Å². The van der Waals surface area contributed by atoms with Gasteiger partial charge in [-0.1, -0.05) is 26.0 Å². The number of aliphatic carboxylic acids is 3. The number of hydrogen-bond donors (Lipinski definition) is 25. The predicted octanol–water partition coefficient (Wildman–Crippen LogP) is -8.15. The van der Waals surface area contributed by atoms with E-state index in [2.05, 4.69) is 93.7 Å². The van der Waals surface area contributed by atoms with Crippen molar-refractivity contribution in [2.75, 3.05) is 26.2 Å². The maximum atomic E-state index is 14.6. The molecule has 1 aromatic carbocycles. The number of nitrogens with zero attached hydrogens (tertiary/aromatic N) is 3. The molecule has 580 valence electrons. The molecule has 3 aromatic heterocycles. The summed E-state index contributed by atoms with van der Waals surface area (Å²) in [5.41, 5.74) is 23.2. The molecule has 0 bridgehead atoms. The number of aliphatic hydroxyl groups is 1. The van der Waals surface area contributed by atoms with Crippen LogP contribution in [0.5, 0.6) is 5.75 Å². The van der Waals surface area contributed by atoms with E-state index < -0.39 is 213 Å². The van der Waals surface area contributed by atoms with Crippen molar-refractivity contribution in [1.29, 1.82) is 5.41 Å². The van der Waals surface area contributed by atoms with Crippen molar-refractivity contribution in [3.05, 3.63) is 84.5 Å². The minimum Gasteiger partial charge on any atom is -0.508 e. The van der Waals surface area contributed by atoms with Crippen molar-refractivity contribution in [3.8, 4) is 5.75 Å². The number of benzene rings is 1. The summed E-state index contributed by atoms with van der Waals surface area (Å²) >= 11 is 0. The van der Waals surface area contributed by atoms with Crippen molar-refractivity contribution < 1.29 is 97.5 Å². The number of phenols is 1. The van der Waals surface area contributed by atoms with E-state index in [1.807, 2.05) is 0 Å². The summed E-state index contributed by atoms with van der Waals surface area (Å²) in [5, 5.41) is 85.6. The number of imidazole rings is 3. The molecule has 0 aliphatic carbocycles. The first-order valence-electron chi connectivity index (χ1n) is 33.4. The zero-order valence-corrected chi connectivity index (χ0v) is 57.9. The van der Waals surface area contributed by atoms with Gasteiger partial charge in [0.05, 0.1) is 61.7 Å². The third-order valence-corrected chi connectivity index (χ3v) is 15.8. The van der Waals surface area contributed by atoms with Gasteiger partial charge >= 0.3 is 17.9 Å². The summed E-state index contributed by atoms with van der Waals surface area (Å²) in [4.78, 5) is 222. The van der Waals surface area contributed by atoms with E-state index in [1.165, 1.54) is 75.7 Å². The SMILES string of the molecule is CC(C)[C@H](NC(=O)[C@H](CCC(=O)O)NC(=O)[C@H](Cc1ccc(O)cc1)NC(=O)CNC(=O)[C@H](CO)NC(=O)[C@H](CC(=O)O)NC(=O)[C@H](Cc1c[nH]cn1)NC(=O)[C@@H](N)CCCNC(=N)N)C(=O)N[C@@H](Cc1c[nH]cn1)C(=O)N[C@@H](Cc1c[nH]cn1)C(=O)N[C@@H](CCC(N)=O)C(=O)N[C@@H](CCCCN)C(=O)O. The number of unbranched alkanes of at least 4 members (excludes halogenated alkanes) is 1. The summed E-state index contributed by atoms with van der Waals surface area (Å²) in [6.07, 6.45) is 4.13. The van der Waals surface area contributed by atoms with Crippen LogP contribution < -0.4 is 86.7 Å². The van der Waals surface area contributed by atoms with E-state index in [0.29, 0.717) is 12.8 Å². The minimum atomic E-state index is -1.98. The molecule has 0 unspecified atom stereocenters. The Balaban J connectivity index is 1.54. The number of phenolic OH excluding ortho intramolecular Hbond substituents is 1. The van der Waals surface area contributed by atoms with Crippen molar-refractivity contribution in [1.82, 2.24) is 93.7 Å². The molecule has 12 amide bonds. The highest BCUT2D eigenvalue weighted by molar-refractivity contribution is 6.00. The second kappa shape index (κ2) is 44.4. The molecule has 4 aromatic rings. The summed E-state index contributed by atoms with van der Waals surface area (Å²) in [6.45, 7) is 1.19. The van der Waals surface area contributed by atoms with E-state index in [9.17, 15) is 97.5 Å². The van der Waals surface area contributed by atoms with Crippen LogP contribution in [0.1, 0.15) is 101 Å². The van der Waals surface area contributed by atoms with E-state index in [0.717, 1.165) is 0 Å². The van der Waals surface area contributed by atoms with E-state index in [-0.39, 0.29) is 86.0 Å². The van der Waals surface area contributed by atoms with Gasteiger partial charge in [-0.15, -0.1) is 0 Å². The zero-order valence-electron chi connectivity index (χ0n) is 57.9. The number of amides is 12. The van der Waals surface area contributed by atoms with Crippen LogP contribution in [0.15, 0.2) is 61.8 Å². The molecule has 0 aliphatic heterocycles. The fraction of sp³-hybridized carbons (Fsp3) is 0.508. The Bertz CT molecular complexity index is 3620. The lowest BCUT2D eigenvalue weighted by Gasteiger charge is -2.29. The molecule has 4 rings (SSSR count). The van der Waals surface area contributed by atoms with Crippen LogP contribution in [-0.2, 0) is 97.6 Å². The topological polar surface area (TPSA) is 716 Å². The summed E-state index contributed by atoms with van der Waals surface area (Å²) in [6, 6.07) is -12.9. The molecular formula is C63H93N23O20. The van der Waals surface area contributed by atoms with Gasteiger partial charge in [-0.05, 0) is 75.1 Å². The number of nitrogens with one attached hydrogen (secondary N) is 16. The van der Waals surface area contributed by atoms with Crippen LogP contribution in [-0.4, -0.2) is 243 Å². The number of nitrogens with two attached hydrogens (primary N) is 4. The van der Waals surface area contributed by atoms with Gasteiger partial charge in [0.15, 0.2) is 5.96 Å². The number of aromatic nitrogens is 6. The summed E-state index contributed by atoms with van der Waals surface area (Å²) in [5.74, 6) is -18.9. The number of guanidine groups is 1. The Labute approximate surface area is 604 Å². The second-order valence-corrected chi connectivity index (χ2v) is 24.7. The maximum absolute atomic E-state index is 14.6. The molecule has 0 aliphatic rings. The first-order valence-corrected chi connectivity index (χ1v) is 33.4. The molecular weight excluding hydrogens is 1400 g/mol. The molecule has 11 atom stereocenters. The van der Waals surface area contributed by atoms with Gasteiger partial charge in [-0.2, -0.15) is 0 Å². The van der Waals surface area contributed by atoms with Gasteiger partial charge in [0, 0.05) is 63.7 Å². The Morgan fingerprint density at radius 2 is 0.925 bits per heavy atom. The number of aromatic amines is 3. The largest absolute Gasteiger partial charge is 0.508 e. The van der Waals surface area contributed by atoms with Crippen LogP contribution in [0.2, 0.25) is 0 Å². The molecule has 0 saturated heterocycles. The van der Waals surface area contributed by atoms with Gasteiger partial charge in [-0.25, -0.2) is 19.7 Å². The monoisotopic (exact) mass is 1490 g/mol. The molecule has 0 radical (unpaired) electrons. The fourth-order valence-corrected chi connectivity index (χ4v) is 10.1. The number of hydrogen-bond acceptors (Lipinski definition) is 23. The average Bonchev–Trinajstić information content (AvgIpc) is 1.25. The first-order chi connectivity index (χ1) is 50.3. The molecule has 43 nitrogen and oxygen atoms in total. The lowest BCUT2D eigenvalue weighted by atomic mass is 10.00. The number of carboxylic acid groups (broad SMARTS) is 3. The van der Waals surface area contributed by atoms with E-state index in [4.69, 9.17) is 28.3 Å². The number of rotatable bonds is 49. The van der Waals surface area contributed by atoms with Gasteiger partial charge in [0.2, 0.25) is 70.9 Å². The zero-order chi connectivity index (χ0) is 78.6. The van der Waals surface area contributed by atoms with Crippen molar-refractivity contribution in [2.45, 2.75) is 170 Å². The van der Waals surface area contributed by atoms with Crippen molar-refractivity contribution in [3.63, 3.8) is 0 Å². The highest BCUT2D eigenvalue weighted by Crippen LogP contribution is 2.15. The number of carbonyl (C=O) groups is 15. The molecule has 43 heteroatoms. The molecule has 3 heterocycles. The number of primary amides is 1. The molecule has 29 N–H and O–H groups in total. The lowest BCUT2D eigenvalue weighted by molar-refractivity contribution is -0.143. The highest BCUT2D eigenvalue weighted by atomic mass is 16.4. The van der Waals surface area contributed by atoms with Gasteiger partial charge in [-0.3, -0.25) is 72.5 Å². The van der Waals surface area contributed by atoms with Crippen LogP contribution >= 0.6 is 0 Å². The number of aliphatic hydroxyl groups excluding tert-OH is 1. The predicted molar refractivity (Wildman–Crippen MR) is 368 cm³/mol. The number of H-pyrrole nitrogens is 3. The van der Waals surface area contributed by atoms with E-state index in [1.54, 1.807) is 0 Å². The van der Waals surface area contributed by atoms with Crippen LogP contribution in [0, 0.1) is 11.3 Å². The van der Waals surface area contributed by atoms with Crippen molar-refractivity contribution >= 4 is 94.8 Å². The van der Waals surface area contributed by atoms with Crippen LogP contribution in [0.25, 0.3) is 0 Å². The molecule has 106 heavy (non-hydrogen) atoms. The van der Waals surface area contributed by atoms with Gasteiger partial charge in [0.1, 0.15) is 66.2 Å². The average molecular weight is 1490 g/mol. The number of carboxylic acids is 3. The van der Waals surface area contributed by atoms with Crippen molar-refractivity contribution in [2.24, 2.45) is 28.9 Å². The van der Waals surface area contributed by atoms with Crippen LogP contribution in [0.3, 0.4) is 0 Å². The number of aromatic hydroxyl groups is 1. The normalized spacial score (nSPS) is 14.1. The highest BCUT2D eigenvalue weighted by Gasteiger charge is 2.38. The second-order valence-electron chi connectivity index (χ2n) is 24.7. The lowest BCUT2D eigenvalue weighted by Crippen LogP contribution is -2.61. The smallest absolute Gasteiger partial charge is 0.326 e. The number of carbonyl (C=O) groups excluding carboxylic acids is 12. The first kappa shape index (κ1) is 86.3.